The van der Waals surface area contributed by atoms with Crippen LogP contribution in [0.3, 0.4) is 0 Å². The topological polar surface area (TPSA) is 6.48 Å². The molecule has 2 heteroatoms. The second kappa shape index (κ2) is 8.10. The predicted molar refractivity (Wildman–Crippen MR) is 76.4 cm³/mol. The Hall–Kier alpha value is -0.0800. The third-order valence-corrected chi connectivity index (χ3v) is 4.43. The Labute approximate surface area is 108 Å². The molecule has 2 aliphatic heterocycles. The summed E-state index contributed by atoms with van der Waals surface area (Å²) in [5, 5.41) is 0. The van der Waals surface area contributed by atoms with Crippen LogP contribution in [0.15, 0.2) is 0 Å². The smallest absolute Gasteiger partial charge is 0.00190 e. The van der Waals surface area contributed by atoms with Crippen LogP contribution in [0.2, 0.25) is 0 Å². The summed E-state index contributed by atoms with van der Waals surface area (Å²) in [7, 11) is 4.54. The molecule has 2 rings (SSSR count). The Bertz CT molecular complexity index is 185. The molecule has 17 heavy (non-hydrogen) atoms. The fraction of sp³-hybridized carbons (Fsp3) is 1.00. The van der Waals surface area contributed by atoms with E-state index in [-0.39, 0.29) is 0 Å². The van der Waals surface area contributed by atoms with Crippen molar-refractivity contribution >= 4 is 0 Å². The molecule has 0 aromatic rings. The third-order valence-electron chi connectivity index (χ3n) is 4.43. The van der Waals surface area contributed by atoms with Crippen LogP contribution in [-0.4, -0.2) is 50.1 Å². The van der Waals surface area contributed by atoms with Crippen molar-refractivity contribution in [3.05, 3.63) is 0 Å². The van der Waals surface area contributed by atoms with Crippen LogP contribution in [0.4, 0.5) is 0 Å². The van der Waals surface area contributed by atoms with E-state index in [2.05, 4.69) is 23.9 Å². The lowest BCUT2D eigenvalue weighted by Crippen LogP contribution is -2.33. The molecular weight excluding hydrogens is 208 g/mol. The van der Waals surface area contributed by atoms with Gasteiger partial charge in [0, 0.05) is 0 Å². The number of hydrogen-bond donors (Lipinski definition) is 0. The summed E-state index contributed by atoms with van der Waals surface area (Å²) in [5.41, 5.74) is 0. The van der Waals surface area contributed by atoms with Crippen molar-refractivity contribution < 1.29 is 0 Å². The largest absolute Gasteiger partial charge is 0.306 e. The van der Waals surface area contributed by atoms with Gasteiger partial charge in [-0.25, -0.2) is 0 Å². The van der Waals surface area contributed by atoms with Crippen molar-refractivity contribution in [1.29, 1.82) is 0 Å². The van der Waals surface area contributed by atoms with Crippen LogP contribution >= 0.6 is 0 Å². The Balaban J connectivity index is 0.000000686. The monoisotopic (exact) mass is 240 g/mol. The molecule has 0 aromatic carbocycles. The van der Waals surface area contributed by atoms with Gasteiger partial charge < -0.3 is 9.80 Å². The molecule has 2 nitrogen and oxygen atoms in total. The second-order valence-electron chi connectivity index (χ2n) is 5.63. The fourth-order valence-corrected chi connectivity index (χ4v) is 3.24. The van der Waals surface area contributed by atoms with Gasteiger partial charge in [0.2, 0.25) is 0 Å². The summed E-state index contributed by atoms with van der Waals surface area (Å²) in [6.07, 6.45) is 7.26. The van der Waals surface area contributed by atoms with Gasteiger partial charge in [0.05, 0.1) is 0 Å². The highest BCUT2D eigenvalue weighted by Crippen LogP contribution is 2.31. The molecule has 2 aliphatic rings. The summed E-state index contributed by atoms with van der Waals surface area (Å²) in [5.74, 6) is 2.07. The van der Waals surface area contributed by atoms with E-state index in [1.807, 2.05) is 13.8 Å². The number of rotatable bonds is 1. The Morgan fingerprint density at radius 3 is 1.59 bits per heavy atom. The van der Waals surface area contributed by atoms with E-state index in [0.29, 0.717) is 0 Å². The molecule has 2 saturated heterocycles. The first-order valence-corrected chi connectivity index (χ1v) is 7.63. The maximum absolute atomic E-state index is 2.51. The van der Waals surface area contributed by atoms with E-state index in [4.69, 9.17) is 0 Å². The van der Waals surface area contributed by atoms with E-state index in [9.17, 15) is 0 Å². The first-order valence-electron chi connectivity index (χ1n) is 7.63. The molecule has 0 saturated carbocycles. The minimum Gasteiger partial charge on any atom is -0.306 e. The lowest BCUT2D eigenvalue weighted by molar-refractivity contribution is 0.160. The summed E-state index contributed by atoms with van der Waals surface area (Å²) in [6, 6.07) is 0. The zero-order valence-corrected chi connectivity index (χ0v) is 12.4. The molecule has 102 valence electrons. The molecule has 1 unspecified atom stereocenters. The van der Waals surface area contributed by atoms with Crippen molar-refractivity contribution in [1.82, 2.24) is 9.80 Å². The van der Waals surface area contributed by atoms with Gasteiger partial charge in [-0.2, -0.15) is 0 Å². The van der Waals surface area contributed by atoms with Crippen molar-refractivity contribution in [3.63, 3.8) is 0 Å². The number of hydrogen-bond acceptors (Lipinski definition) is 2. The Kier molecular flexibility index (Phi) is 7.14. The van der Waals surface area contributed by atoms with Crippen LogP contribution < -0.4 is 0 Å². The molecule has 0 N–H and O–H groups in total. The maximum atomic E-state index is 2.51. The Morgan fingerprint density at radius 2 is 1.06 bits per heavy atom. The van der Waals surface area contributed by atoms with E-state index >= 15 is 0 Å². The summed E-state index contributed by atoms with van der Waals surface area (Å²) in [6.45, 7) is 9.31. The first kappa shape index (κ1) is 15.0. The van der Waals surface area contributed by atoms with Crippen LogP contribution in [0.25, 0.3) is 0 Å². The van der Waals surface area contributed by atoms with Gasteiger partial charge in [-0.15, -0.1) is 0 Å². The highest BCUT2D eigenvalue weighted by molar-refractivity contribution is 4.79. The second-order valence-corrected chi connectivity index (χ2v) is 5.63. The quantitative estimate of drug-likeness (QED) is 0.695. The number of likely N-dealkylation sites (tertiary alicyclic amines) is 2. The minimum absolute atomic E-state index is 1.03. The zero-order chi connectivity index (χ0) is 12.7. The molecule has 0 radical (unpaired) electrons. The van der Waals surface area contributed by atoms with E-state index in [1.54, 1.807) is 0 Å². The van der Waals surface area contributed by atoms with Crippen molar-refractivity contribution in [2.24, 2.45) is 11.8 Å². The highest BCUT2D eigenvalue weighted by atomic mass is 15.1. The third kappa shape index (κ3) is 4.97. The molecule has 0 spiro atoms. The molecule has 0 aromatic heterocycles. The van der Waals surface area contributed by atoms with Crippen LogP contribution in [0, 0.1) is 11.8 Å². The van der Waals surface area contributed by atoms with Gasteiger partial charge >= 0.3 is 0 Å². The SMILES string of the molecule is CC.CN1CCCC(C2CCN(C)CC2)CC1. The van der Waals surface area contributed by atoms with E-state index in [1.165, 1.54) is 58.3 Å². The van der Waals surface area contributed by atoms with Crippen molar-refractivity contribution in [2.45, 2.75) is 46.0 Å². The average Bonchev–Trinajstić information content (AvgIpc) is 2.58. The van der Waals surface area contributed by atoms with Gasteiger partial charge in [-0.3, -0.25) is 0 Å². The molecule has 0 bridgehead atoms. The summed E-state index contributed by atoms with van der Waals surface area (Å²) < 4.78 is 0. The minimum atomic E-state index is 1.03. The van der Waals surface area contributed by atoms with Crippen molar-refractivity contribution in [3.8, 4) is 0 Å². The molecule has 0 amide bonds. The first-order chi connectivity index (χ1) is 8.25. The predicted octanol–water partition coefficient (Wildman–Crippen LogP) is 3.09. The van der Waals surface area contributed by atoms with Gasteiger partial charge in [0.25, 0.3) is 0 Å². The summed E-state index contributed by atoms with van der Waals surface area (Å²) in [4.78, 5) is 4.99. The van der Waals surface area contributed by atoms with Crippen molar-refractivity contribution in [2.75, 3.05) is 40.3 Å². The lowest BCUT2D eigenvalue weighted by atomic mass is 9.80. The van der Waals surface area contributed by atoms with Crippen LogP contribution in [0.5, 0.6) is 0 Å². The highest BCUT2D eigenvalue weighted by Gasteiger charge is 2.26. The average molecular weight is 240 g/mol. The lowest BCUT2D eigenvalue weighted by Gasteiger charge is -2.34. The van der Waals surface area contributed by atoms with Crippen LogP contribution in [-0.2, 0) is 0 Å². The maximum Gasteiger partial charge on any atom is -0.00190 e. The van der Waals surface area contributed by atoms with Gasteiger partial charge in [0.1, 0.15) is 0 Å². The molecule has 0 aliphatic carbocycles. The number of nitrogens with zero attached hydrogens (tertiary/aromatic N) is 2. The van der Waals surface area contributed by atoms with Crippen LogP contribution in [0.1, 0.15) is 46.0 Å². The van der Waals surface area contributed by atoms with E-state index < -0.39 is 0 Å². The van der Waals surface area contributed by atoms with E-state index in [0.717, 1.165) is 11.8 Å². The molecule has 2 fully saturated rings. The molecule has 1 atom stereocenters. The van der Waals surface area contributed by atoms with Gasteiger partial charge in [0.15, 0.2) is 0 Å². The molecule has 2 heterocycles. The number of piperidine rings is 1. The standard InChI is InChI=1S/C13H26N2.C2H6/c1-14-8-3-4-12(5-9-14)13-6-10-15(2)11-7-13;1-2/h12-13H,3-11H2,1-2H3;1-2H3. The zero-order valence-electron chi connectivity index (χ0n) is 12.4. The summed E-state index contributed by atoms with van der Waals surface area (Å²) >= 11 is 0. The molecular formula is C15H32N2. The van der Waals surface area contributed by atoms with Gasteiger partial charge in [-0.1, -0.05) is 13.8 Å². The van der Waals surface area contributed by atoms with Gasteiger partial charge in [-0.05, 0) is 84.2 Å². The fourth-order valence-electron chi connectivity index (χ4n) is 3.24. The normalized spacial score (nSPS) is 29.3. The Morgan fingerprint density at radius 1 is 0.647 bits per heavy atom.